The highest BCUT2D eigenvalue weighted by atomic mass is 19.1. The van der Waals surface area contributed by atoms with Crippen LogP contribution in [0.3, 0.4) is 0 Å². The molecule has 1 atom stereocenters. The summed E-state index contributed by atoms with van der Waals surface area (Å²) in [5.74, 6) is -1.51. The van der Waals surface area contributed by atoms with Crippen molar-refractivity contribution in [3.05, 3.63) is 34.6 Å². The predicted octanol–water partition coefficient (Wildman–Crippen LogP) is -0.00810. The molecule has 7 nitrogen and oxygen atoms in total. The van der Waals surface area contributed by atoms with Crippen LogP contribution >= 0.6 is 0 Å². The normalized spacial score (nSPS) is 24.0. The van der Waals surface area contributed by atoms with Gasteiger partial charge in [0, 0.05) is 56.8 Å². The van der Waals surface area contributed by atoms with E-state index in [1.165, 1.54) is 11.0 Å². The molecular weight excluding hydrogens is 339 g/mol. The van der Waals surface area contributed by atoms with Gasteiger partial charge < -0.3 is 10.2 Å². The number of hydrogen-bond donors (Lipinski definition) is 2. The van der Waals surface area contributed by atoms with Gasteiger partial charge in [0.1, 0.15) is 11.9 Å². The van der Waals surface area contributed by atoms with Crippen LogP contribution in [0.2, 0.25) is 0 Å². The van der Waals surface area contributed by atoms with Gasteiger partial charge in [-0.15, -0.1) is 0 Å². The van der Waals surface area contributed by atoms with E-state index in [1.807, 2.05) is 0 Å². The molecule has 3 aliphatic rings. The zero-order valence-corrected chi connectivity index (χ0v) is 14.4. The molecule has 0 spiro atoms. The molecule has 3 amide bonds. The number of nitrogens with zero attached hydrogens (tertiary/aromatic N) is 2. The largest absolute Gasteiger partial charge is 0.322 e. The summed E-state index contributed by atoms with van der Waals surface area (Å²) in [5, 5.41) is 5.54. The molecule has 1 aromatic carbocycles. The summed E-state index contributed by atoms with van der Waals surface area (Å²) in [7, 11) is 0. The summed E-state index contributed by atoms with van der Waals surface area (Å²) in [5.41, 5.74) is 1.63. The van der Waals surface area contributed by atoms with Crippen LogP contribution in [0, 0.1) is 5.82 Å². The zero-order chi connectivity index (χ0) is 18.3. The Balaban J connectivity index is 1.54. The first-order valence-corrected chi connectivity index (χ1v) is 8.92. The van der Waals surface area contributed by atoms with Crippen molar-refractivity contribution in [3.63, 3.8) is 0 Å². The van der Waals surface area contributed by atoms with E-state index < -0.39 is 11.9 Å². The second-order valence-corrected chi connectivity index (χ2v) is 7.03. The van der Waals surface area contributed by atoms with Gasteiger partial charge in [0.15, 0.2) is 0 Å². The van der Waals surface area contributed by atoms with E-state index in [9.17, 15) is 18.8 Å². The van der Waals surface area contributed by atoms with Crippen LogP contribution < -0.4 is 10.6 Å². The summed E-state index contributed by atoms with van der Waals surface area (Å²) in [6, 6.07) is 2.37. The molecule has 0 saturated carbocycles. The number of fused-ring (bicyclic) bond motifs is 1. The molecule has 2 saturated heterocycles. The number of carbonyl (C=O) groups is 3. The van der Waals surface area contributed by atoms with Crippen LogP contribution in [0.4, 0.5) is 4.39 Å². The molecule has 2 fully saturated rings. The SMILES string of the molecule is O=C1CCC(N2Cc3cc(CN4CCNCC4)c(F)cc3C2=O)C(=O)N1. The molecule has 4 rings (SSSR count). The van der Waals surface area contributed by atoms with Crippen molar-refractivity contribution in [2.75, 3.05) is 26.2 Å². The Hall–Kier alpha value is -2.32. The Labute approximate surface area is 150 Å². The van der Waals surface area contributed by atoms with E-state index in [4.69, 9.17) is 0 Å². The summed E-state index contributed by atoms with van der Waals surface area (Å²) in [4.78, 5) is 39.7. The number of piperazine rings is 1. The third-order valence-corrected chi connectivity index (χ3v) is 5.29. The molecule has 2 N–H and O–H groups in total. The first kappa shape index (κ1) is 17.1. The number of halogens is 1. The number of amides is 3. The van der Waals surface area contributed by atoms with Gasteiger partial charge in [0.2, 0.25) is 11.8 Å². The van der Waals surface area contributed by atoms with Crippen LogP contribution in [-0.4, -0.2) is 59.7 Å². The van der Waals surface area contributed by atoms with Crippen LogP contribution in [0.15, 0.2) is 12.1 Å². The quantitative estimate of drug-likeness (QED) is 0.741. The standard InChI is InChI=1S/C18H21FN4O3/c19-14-8-13-11(7-12(14)9-22-5-3-20-4-6-22)10-23(18(13)26)15-1-2-16(24)21-17(15)25/h7-8,15,20H,1-6,9-10H2,(H,21,24,25). The third-order valence-electron chi connectivity index (χ3n) is 5.29. The second-order valence-electron chi connectivity index (χ2n) is 7.03. The Morgan fingerprint density at radius 1 is 1.15 bits per heavy atom. The Bertz CT molecular complexity index is 776. The molecule has 1 aromatic rings. The van der Waals surface area contributed by atoms with Crippen molar-refractivity contribution in [1.82, 2.24) is 20.4 Å². The molecule has 0 bridgehead atoms. The summed E-state index contributed by atoms with van der Waals surface area (Å²) in [6.07, 6.45) is 0.514. The molecule has 0 radical (unpaired) electrons. The zero-order valence-electron chi connectivity index (χ0n) is 14.4. The lowest BCUT2D eigenvalue weighted by atomic mass is 10.0. The molecule has 8 heteroatoms. The lowest BCUT2D eigenvalue weighted by molar-refractivity contribution is -0.136. The average Bonchev–Trinajstić information content (AvgIpc) is 2.92. The molecule has 0 aliphatic carbocycles. The lowest BCUT2D eigenvalue weighted by Crippen LogP contribution is -2.52. The number of rotatable bonds is 3. The molecule has 1 unspecified atom stereocenters. The first-order chi connectivity index (χ1) is 12.5. The number of benzene rings is 1. The highest BCUT2D eigenvalue weighted by Gasteiger charge is 2.39. The van der Waals surface area contributed by atoms with Gasteiger partial charge in [-0.25, -0.2) is 4.39 Å². The number of nitrogens with one attached hydrogen (secondary N) is 2. The van der Waals surface area contributed by atoms with Gasteiger partial charge in [0.25, 0.3) is 5.91 Å². The minimum atomic E-state index is -0.674. The maximum atomic E-state index is 14.5. The van der Waals surface area contributed by atoms with E-state index in [0.717, 1.165) is 31.7 Å². The van der Waals surface area contributed by atoms with E-state index in [1.54, 1.807) is 6.07 Å². The predicted molar refractivity (Wildman–Crippen MR) is 90.6 cm³/mol. The third kappa shape index (κ3) is 3.10. The minimum Gasteiger partial charge on any atom is -0.322 e. The van der Waals surface area contributed by atoms with E-state index in [2.05, 4.69) is 15.5 Å². The fraction of sp³-hybridized carbons (Fsp3) is 0.500. The Morgan fingerprint density at radius 2 is 1.92 bits per heavy atom. The topological polar surface area (TPSA) is 81.8 Å². The smallest absolute Gasteiger partial charge is 0.255 e. The molecule has 3 heterocycles. The summed E-state index contributed by atoms with van der Waals surface area (Å²) >= 11 is 0. The van der Waals surface area contributed by atoms with Crippen molar-refractivity contribution in [2.45, 2.75) is 32.0 Å². The molecule has 3 aliphatic heterocycles. The minimum absolute atomic E-state index is 0.207. The Kier molecular flexibility index (Phi) is 4.46. The maximum Gasteiger partial charge on any atom is 0.255 e. The van der Waals surface area contributed by atoms with Crippen LogP contribution in [0.1, 0.15) is 34.3 Å². The molecular formula is C18H21FN4O3. The molecule has 138 valence electrons. The van der Waals surface area contributed by atoms with Gasteiger partial charge in [-0.05, 0) is 24.1 Å². The maximum absolute atomic E-state index is 14.5. The van der Waals surface area contributed by atoms with Crippen LogP contribution in [0.5, 0.6) is 0 Å². The molecule has 0 aromatic heterocycles. The van der Waals surface area contributed by atoms with Crippen LogP contribution in [0.25, 0.3) is 0 Å². The van der Waals surface area contributed by atoms with E-state index in [0.29, 0.717) is 24.1 Å². The number of hydrogen-bond acceptors (Lipinski definition) is 5. The van der Waals surface area contributed by atoms with Crippen molar-refractivity contribution in [2.24, 2.45) is 0 Å². The second kappa shape index (κ2) is 6.77. The van der Waals surface area contributed by atoms with Gasteiger partial charge in [-0.3, -0.25) is 24.6 Å². The van der Waals surface area contributed by atoms with Gasteiger partial charge >= 0.3 is 0 Å². The number of carbonyl (C=O) groups excluding carboxylic acids is 3. The van der Waals surface area contributed by atoms with E-state index in [-0.39, 0.29) is 30.6 Å². The Morgan fingerprint density at radius 3 is 2.65 bits per heavy atom. The van der Waals surface area contributed by atoms with Gasteiger partial charge in [-0.1, -0.05) is 0 Å². The van der Waals surface area contributed by atoms with Crippen molar-refractivity contribution in [3.8, 4) is 0 Å². The highest BCUT2D eigenvalue weighted by molar-refractivity contribution is 6.05. The average molecular weight is 360 g/mol. The number of piperidine rings is 1. The van der Waals surface area contributed by atoms with Crippen molar-refractivity contribution >= 4 is 17.7 Å². The van der Waals surface area contributed by atoms with E-state index >= 15 is 0 Å². The fourth-order valence-electron chi connectivity index (χ4n) is 3.87. The van der Waals surface area contributed by atoms with Gasteiger partial charge in [-0.2, -0.15) is 0 Å². The molecule has 26 heavy (non-hydrogen) atoms. The summed E-state index contributed by atoms with van der Waals surface area (Å²) in [6.45, 7) is 4.26. The van der Waals surface area contributed by atoms with Crippen LogP contribution in [-0.2, 0) is 22.7 Å². The highest BCUT2D eigenvalue weighted by Crippen LogP contribution is 2.29. The lowest BCUT2D eigenvalue weighted by Gasteiger charge is -2.29. The summed E-state index contributed by atoms with van der Waals surface area (Å²) < 4.78 is 14.5. The van der Waals surface area contributed by atoms with Crippen molar-refractivity contribution < 1.29 is 18.8 Å². The fourth-order valence-corrected chi connectivity index (χ4v) is 3.87. The first-order valence-electron chi connectivity index (χ1n) is 8.92. The van der Waals surface area contributed by atoms with Gasteiger partial charge in [0.05, 0.1) is 0 Å². The monoisotopic (exact) mass is 360 g/mol. The number of imide groups is 1. The van der Waals surface area contributed by atoms with Crippen molar-refractivity contribution in [1.29, 1.82) is 0 Å².